The molecule has 12 heteroatoms. The minimum absolute atomic E-state index is 0.154. The van der Waals surface area contributed by atoms with Gasteiger partial charge in [-0.2, -0.15) is 0 Å². The molecule has 0 heterocycles. The van der Waals surface area contributed by atoms with E-state index in [0.717, 1.165) is 109 Å². The molecule has 0 fully saturated rings. The number of ether oxygens (including phenoxy) is 3. The Hall–Kier alpha value is -2.56. The molecule has 0 rings (SSSR count). The number of phosphoric acid groups is 1. The Morgan fingerprint density at radius 3 is 1.23 bits per heavy atom. The third-order valence-corrected chi connectivity index (χ3v) is 12.2. The van der Waals surface area contributed by atoms with Gasteiger partial charge in [-0.05, 0) is 77.0 Å². The van der Waals surface area contributed by atoms with Gasteiger partial charge in [0, 0.05) is 19.3 Å². The predicted octanol–water partition coefficient (Wildman–Crippen LogP) is 15.0. The van der Waals surface area contributed by atoms with Crippen molar-refractivity contribution >= 4 is 25.7 Å². The largest absolute Gasteiger partial charge is 0.472 e. The third-order valence-electron chi connectivity index (χ3n) is 11.2. The third kappa shape index (κ3) is 46.5. The van der Waals surface area contributed by atoms with Crippen LogP contribution < -0.4 is 0 Å². The molecule has 384 valence electrons. The number of hydrogen-bond acceptors (Lipinski definition) is 10. The van der Waals surface area contributed by atoms with Crippen LogP contribution in [0.3, 0.4) is 0 Å². The summed E-state index contributed by atoms with van der Waals surface area (Å²) in [6, 6.07) is 0. The van der Waals surface area contributed by atoms with Crippen molar-refractivity contribution in [1.82, 2.24) is 0 Å². The maximum atomic E-state index is 12.8. The van der Waals surface area contributed by atoms with Gasteiger partial charge in [0.25, 0.3) is 0 Å². The second kappa shape index (κ2) is 48.9. The zero-order chi connectivity index (χ0) is 48.4. The molecule has 0 saturated heterocycles. The van der Waals surface area contributed by atoms with E-state index in [1.807, 2.05) is 0 Å². The molecule has 0 aromatic rings. The van der Waals surface area contributed by atoms with E-state index in [2.05, 4.69) is 69.4 Å². The fraction of sp³-hybridized carbons (Fsp3) is 0.796. The highest BCUT2D eigenvalue weighted by atomic mass is 31.2. The van der Waals surface area contributed by atoms with Gasteiger partial charge < -0.3 is 24.2 Å². The summed E-state index contributed by atoms with van der Waals surface area (Å²) in [6.45, 7) is 4.53. The van der Waals surface area contributed by atoms with E-state index in [-0.39, 0.29) is 25.9 Å². The first-order chi connectivity index (χ1) is 32.2. The van der Waals surface area contributed by atoms with Crippen molar-refractivity contribution in [2.24, 2.45) is 0 Å². The number of rotatable bonds is 49. The number of carbonyl (C=O) groups excluding carboxylic acids is 3. The Kier molecular flexibility index (Phi) is 47.0. The van der Waals surface area contributed by atoms with Gasteiger partial charge >= 0.3 is 25.7 Å². The molecule has 0 spiro atoms. The summed E-state index contributed by atoms with van der Waals surface area (Å²) in [7, 11) is -4.74. The molecule has 11 nitrogen and oxygen atoms in total. The quantitative estimate of drug-likeness (QED) is 0.0197. The lowest BCUT2D eigenvalue weighted by Gasteiger charge is -2.21. The van der Waals surface area contributed by atoms with Gasteiger partial charge in [0.15, 0.2) is 6.10 Å². The molecule has 0 aromatic carbocycles. The summed E-state index contributed by atoms with van der Waals surface area (Å²) in [5, 5.41) is 9.75. The van der Waals surface area contributed by atoms with Crippen molar-refractivity contribution < 1.29 is 52.2 Å². The van der Waals surface area contributed by atoms with Crippen molar-refractivity contribution in [3.05, 3.63) is 48.6 Å². The molecular weight excluding hydrogens is 856 g/mol. The summed E-state index contributed by atoms with van der Waals surface area (Å²) < 4.78 is 39.3. The molecule has 0 saturated carbocycles. The monoisotopic (exact) mass is 953 g/mol. The molecule has 0 aromatic heterocycles. The maximum Gasteiger partial charge on any atom is 0.472 e. The molecule has 0 bridgehead atoms. The molecule has 0 aliphatic carbocycles. The average molecular weight is 953 g/mol. The fourth-order valence-corrected chi connectivity index (χ4v) is 7.89. The standard InChI is InChI=1S/C54H97O11P/c1-4-7-10-13-16-19-21-22-23-24-25-26-27-28-30-33-36-39-42-45-54(58)65-51(47-61-52(56)43-40-37-34-31-18-15-12-9-6-3)49-63-66(59,60)62-48-50(46-55)64-53(57)44-41-38-35-32-29-20-17-14-11-8-5-2/h14,16-17,19,22-23,25-26,50-51,55H,4-13,15,18,20-21,24,27-49H2,1-3H3,(H,59,60)/b17-14-,19-16-,23-22-,26-25-. The van der Waals surface area contributed by atoms with Crippen molar-refractivity contribution in [3.8, 4) is 0 Å². The summed E-state index contributed by atoms with van der Waals surface area (Å²) in [4.78, 5) is 48.2. The van der Waals surface area contributed by atoms with Gasteiger partial charge in [-0.25, -0.2) is 4.57 Å². The van der Waals surface area contributed by atoms with Crippen LogP contribution in [0, 0.1) is 0 Å². The summed E-state index contributed by atoms with van der Waals surface area (Å²) >= 11 is 0. The molecular formula is C54H97O11P. The van der Waals surface area contributed by atoms with Crippen molar-refractivity contribution in [3.63, 3.8) is 0 Å². The van der Waals surface area contributed by atoms with Crippen LogP contribution in [-0.2, 0) is 42.2 Å². The minimum atomic E-state index is -4.74. The van der Waals surface area contributed by atoms with E-state index in [4.69, 9.17) is 23.3 Å². The Bertz CT molecular complexity index is 1300. The van der Waals surface area contributed by atoms with E-state index in [1.54, 1.807) is 0 Å². The number of hydrogen-bond donors (Lipinski definition) is 2. The van der Waals surface area contributed by atoms with E-state index in [1.165, 1.54) is 70.6 Å². The van der Waals surface area contributed by atoms with Crippen LogP contribution in [0.15, 0.2) is 48.6 Å². The normalized spacial score (nSPS) is 13.8. The van der Waals surface area contributed by atoms with Gasteiger partial charge in [-0.15, -0.1) is 0 Å². The van der Waals surface area contributed by atoms with E-state index < -0.39 is 57.8 Å². The number of carbonyl (C=O) groups is 3. The number of phosphoric ester groups is 1. The summed E-state index contributed by atoms with van der Waals surface area (Å²) in [5.74, 6) is -1.48. The van der Waals surface area contributed by atoms with Crippen LogP contribution in [0.25, 0.3) is 0 Å². The number of aliphatic hydroxyl groups excluding tert-OH is 1. The topological polar surface area (TPSA) is 155 Å². The highest BCUT2D eigenvalue weighted by molar-refractivity contribution is 7.47. The number of unbranched alkanes of at least 4 members (excludes halogenated alkanes) is 24. The highest BCUT2D eigenvalue weighted by Crippen LogP contribution is 2.43. The minimum Gasteiger partial charge on any atom is -0.462 e. The first kappa shape index (κ1) is 63.4. The lowest BCUT2D eigenvalue weighted by molar-refractivity contribution is -0.161. The number of esters is 3. The first-order valence-corrected chi connectivity index (χ1v) is 28.0. The van der Waals surface area contributed by atoms with Gasteiger partial charge in [0.05, 0.1) is 19.8 Å². The fourth-order valence-electron chi connectivity index (χ4n) is 7.11. The van der Waals surface area contributed by atoms with Crippen LogP contribution in [-0.4, -0.2) is 66.5 Å². The van der Waals surface area contributed by atoms with Gasteiger partial charge in [-0.1, -0.05) is 191 Å². The van der Waals surface area contributed by atoms with Gasteiger partial charge in [0.2, 0.25) is 0 Å². The molecule has 0 aliphatic heterocycles. The summed E-state index contributed by atoms with van der Waals surface area (Å²) in [5.41, 5.74) is 0. The van der Waals surface area contributed by atoms with E-state index in [0.29, 0.717) is 19.3 Å². The van der Waals surface area contributed by atoms with Crippen LogP contribution in [0.1, 0.15) is 239 Å². The Morgan fingerprint density at radius 1 is 0.424 bits per heavy atom. The van der Waals surface area contributed by atoms with Crippen LogP contribution in [0.2, 0.25) is 0 Å². The van der Waals surface area contributed by atoms with Gasteiger partial charge in [0.1, 0.15) is 12.7 Å². The molecule has 3 atom stereocenters. The zero-order valence-corrected chi connectivity index (χ0v) is 43.1. The average Bonchev–Trinajstić information content (AvgIpc) is 3.30. The Labute approximate surface area is 403 Å². The molecule has 0 aliphatic rings. The first-order valence-electron chi connectivity index (χ1n) is 26.5. The number of aliphatic hydroxyl groups is 1. The van der Waals surface area contributed by atoms with Crippen LogP contribution in [0.4, 0.5) is 0 Å². The molecule has 66 heavy (non-hydrogen) atoms. The Morgan fingerprint density at radius 2 is 0.758 bits per heavy atom. The molecule has 0 amide bonds. The molecule has 2 N–H and O–H groups in total. The molecule has 3 unspecified atom stereocenters. The SMILES string of the molecule is CCCC/C=C\CCCCCCCC(=O)OC(CO)COP(=O)(O)OCC(COC(=O)CCCCCCCCCCC)OC(=O)CCCCCCCC/C=C\C/C=C\C/C=C\CCCCC. The predicted molar refractivity (Wildman–Crippen MR) is 270 cm³/mol. The second-order valence-electron chi connectivity index (χ2n) is 17.7. The number of allylic oxidation sites excluding steroid dienone is 8. The van der Waals surface area contributed by atoms with Crippen molar-refractivity contribution in [2.45, 2.75) is 251 Å². The Balaban J connectivity index is 4.70. The van der Waals surface area contributed by atoms with Crippen LogP contribution in [0.5, 0.6) is 0 Å². The van der Waals surface area contributed by atoms with Crippen LogP contribution >= 0.6 is 7.82 Å². The second-order valence-corrected chi connectivity index (χ2v) is 19.1. The van der Waals surface area contributed by atoms with E-state index >= 15 is 0 Å². The van der Waals surface area contributed by atoms with Gasteiger partial charge in [-0.3, -0.25) is 23.4 Å². The van der Waals surface area contributed by atoms with E-state index in [9.17, 15) is 28.9 Å². The zero-order valence-electron chi connectivity index (χ0n) is 42.2. The summed E-state index contributed by atoms with van der Waals surface area (Å²) in [6.07, 6.45) is 49.4. The lowest BCUT2D eigenvalue weighted by atomic mass is 10.1. The van der Waals surface area contributed by atoms with Crippen molar-refractivity contribution in [1.29, 1.82) is 0 Å². The smallest absolute Gasteiger partial charge is 0.462 e. The molecule has 0 radical (unpaired) electrons. The lowest BCUT2D eigenvalue weighted by Crippen LogP contribution is -2.30. The highest BCUT2D eigenvalue weighted by Gasteiger charge is 2.28. The maximum absolute atomic E-state index is 12.8. The van der Waals surface area contributed by atoms with Crippen molar-refractivity contribution in [2.75, 3.05) is 26.4 Å².